The van der Waals surface area contributed by atoms with Gasteiger partial charge >= 0.3 is 0 Å². The summed E-state index contributed by atoms with van der Waals surface area (Å²) in [4.78, 5) is 14.6. The van der Waals surface area contributed by atoms with Crippen molar-refractivity contribution in [1.82, 2.24) is 14.4 Å². The van der Waals surface area contributed by atoms with Crippen molar-refractivity contribution >= 4 is 22.6 Å². The van der Waals surface area contributed by atoms with Crippen LogP contribution >= 0.6 is 0 Å². The minimum absolute atomic E-state index is 0.0679. The third-order valence-corrected chi connectivity index (χ3v) is 7.46. The maximum atomic E-state index is 9.54. The summed E-state index contributed by atoms with van der Waals surface area (Å²) < 4.78 is 2.14. The molecular weight excluding hydrogens is 422 g/mol. The highest BCUT2D eigenvalue weighted by Crippen LogP contribution is 2.39. The normalized spacial score (nSPS) is 24.4. The first-order chi connectivity index (χ1) is 16.7. The van der Waals surface area contributed by atoms with Gasteiger partial charge in [-0.15, -0.1) is 0 Å². The molecule has 6 heteroatoms. The number of dihydropyridines is 1. The molecule has 0 saturated heterocycles. The van der Waals surface area contributed by atoms with Gasteiger partial charge in [0.15, 0.2) is 0 Å². The fourth-order valence-electron chi connectivity index (χ4n) is 5.53. The van der Waals surface area contributed by atoms with Crippen LogP contribution in [0, 0.1) is 5.92 Å². The van der Waals surface area contributed by atoms with E-state index in [1.54, 1.807) is 6.20 Å². The SMILES string of the molecule is Nc1nccn2c(C3CCC(CO)CC3)nc(C3=CC=C4C=CC(c5ccccc5)=NC4C3)c12. The van der Waals surface area contributed by atoms with Gasteiger partial charge in [0.05, 0.1) is 17.4 Å². The van der Waals surface area contributed by atoms with Gasteiger partial charge in [-0.05, 0) is 54.4 Å². The zero-order valence-electron chi connectivity index (χ0n) is 19.1. The van der Waals surface area contributed by atoms with Crippen LogP contribution in [-0.4, -0.2) is 37.8 Å². The Balaban J connectivity index is 1.36. The third kappa shape index (κ3) is 3.68. The maximum Gasteiger partial charge on any atom is 0.150 e. The molecule has 172 valence electrons. The van der Waals surface area contributed by atoms with Crippen molar-refractivity contribution in [2.24, 2.45) is 10.9 Å². The lowest BCUT2D eigenvalue weighted by atomic mass is 9.82. The molecule has 0 radical (unpaired) electrons. The molecule has 34 heavy (non-hydrogen) atoms. The lowest BCUT2D eigenvalue weighted by Gasteiger charge is -2.26. The molecule has 1 atom stereocenters. The number of aliphatic imine (C=N–C) groups is 1. The Morgan fingerprint density at radius 2 is 1.85 bits per heavy atom. The number of fused-ring (bicyclic) bond motifs is 2. The molecule has 6 nitrogen and oxygen atoms in total. The number of benzene rings is 1. The Hall–Kier alpha value is -3.51. The van der Waals surface area contributed by atoms with Crippen molar-refractivity contribution in [1.29, 1.82) is 0 Å². The molecule has 3 aliphatic rings. The number of anilines is 1. The van der Waals surface area contributed by atoms with Crippen LogP contribution in [0.15, 0.2) is 77.6 Å². The van der Waals surface area contributed by atoms with Gasteiger partial charge in [-0.1, -0.05) is 48.6 Å². The van der Waals surface area contributed by atoms with Gasteiger partial charge in [0.2, 0.25) is 0 Å². The van der Waals surface area contributed by atoms with Crippen LogP contribution in [0.3, 0.4) is 0 Å². The van der Waals surface area contributed by atoms with Gasteiger partial charge in [0.1, 0.15) is 17.2 Å². The smallest absolute Gasteiger partial charge is 0.150 e. The van der Waals surface area contributed by atoms with Crippen molar-refractivity contribution in [3.8, 4) is 0 Å². The number of imidazole rings is 1. The van der Waals surface area contributed by atoms with Crippen molar-refractivity contribution in [2.45, 2.75) is 44.1 Å². The molecule has 1 fully saturated rings. The van der Waals surface area contributed by atoms with E-state index in [2.05, 4.69) is 45.8 Å². The van der Waals surface area contributed by atoms with E-state index in [0.29, 0.717) is 17.7 Å². The first kappa shape index (κ1) is 21.1. The van der Waals surface area contributed by atoms with Gasteiger partial charge in [0, 0.05) is 31.3 Å². The molecule has 6 rings (SSSR count). The number of allylic oxidation sites excluding steroid dienone is 3. The van der Waals surface area contributed by atoms with E-state index in [0.717, 1.165) is 66.0 Å². The Morgan fingerprint density at radius 3 is 2.65 bits per heavy atom. The zero-order chi connectivity index (χ0) is 23.1. The lowest BCUT2D eigenvalue weighted by molar-refractivity contribution is 0.181. The third-order valence-electron chi connectivity index (χ3n) is 7.46. The summed E-state index contributed by atoms with van der Waals surface area (Å²) in [5.74, 6) is 2.34. The molecule has 0 spiro atoms. The van der Waals surface area contributed by atoms with Crippen LogP contribution in [0.4, 0.5) is 5.82 Å². The summed E-state index contributed by atoms with van der Waals surface area (Å²) in [6.45, 7) is 0.278. The number of aliphatic hydroxyl groups excluding tert-OH is 1. The van der Waals surface area contributed by atoms with Gasteiger partial charge in [-0.3, -0.25) is 9.39 Å². The lowest BCUT2D eigenvalue weighted by Crippen LogP contribution is -2.18. The van der Waals surface area contributed by atoms with E-state index < -0.39 is 0 Å². The fraction of sp³-hybridized carbons (Fsp3) is 0.321. The second-order valence-corrected chi connectivity index (χ2v) is 9.54. The van der Waals surface area contributed by atoms with Crippen LogP contribution in [0.1, 0.15) is 55.1 Å². The molecular formula is C28H29N5O. The second kappa shape index (κ2) is 8.69. The summed E-state index contributed by atoms with van der Waals surface area (Å²) in [6.07, 6.45) is 17.3. The molecule has 1 aliphatic heterocycles. The van der Waals surface area contributed by atoms with Gasteiger partial charge in [-0.25, -0.2) is 9.97 Å². The van der Waals surface area contributed by atoms with E-state index in [4.69, 9.17) is 15.7 Å². The van der Waals surface area contributed by atoms with Gasteiger partial charge < -0.3 is 10.8 Å². The van der Waals surface area contributed by atoms with Crippen molar-refractivity contribution < 1.29 is 5.11 Å². The Kier molecular flexibility index (Phi) is 5.38. The van der Waals surface area contributed by atoms with Crippen LogP contribution in [0.25, 0.3) is 11.1 Å². The standard InChI is InChI=1S/C28H29N5O/c29-27-26-25(32-28(33(26)15-14-30-27)21-8-6-18(17-34)7-9-21)22-11-10-20-12-13-23(31-24(20)16-22)19-4-2-1-3-5-19/h1-5,10-15,18,21,24,34H,6-9,16-17H2,(H2,29,30). The van der Waals surface area contributed by atoms with Crippen molar-refractivity contribution in [3.63, 3.8) is 0 Å². The molecule has 0 bridgehead atoms. The predicted octanol–water partition coefficient (Wildman–Crippen LogP) is 4.72. The van der Waals surface area contributed by atoms with Crippen LogP contribution < -0.4 is 5.73 Å². The fourth-order valence-corrected chi connectivity index (χ4v) is 5.53. The molecule has 3 heterocycles. The minimum atomic E-state index is 0.0679. The summed E-state index contributed by atoms with van der Waals surface area (Å²) in [6, 6.07) is 10.4. The molecule has 3 N–H and O–H groups in total. The number of hydrogen-bond donors (Lipinski definition) is 2. The Labute approximate surface area is 199 Å². The second-order valence-electron chi connectivity index (χ2n) is 9.54. The Bertz CT molecular complexity index is 1340. The number of rotatable bonds is 4. The molecule has 2 aliphatic carbocycles. The summed E-state index contributed by atoms with van der Waals surface area (Å²) >= 11 is 0. The first-order valence-electron chi connectivity index (χ1n) is 12.2. The quantitative estimate of drug-likeness (QED) is 0.601. The van der Waals surface area contributed by atoms with Gasteiger partial charge in [0.25, 0.3) is 0 Å². The number of aliphatic hydroxyl groups is 1. The summed E-state index contributed by atoms with van der Waals surface area (Å²) in [5.41, 5.74) is 12.7. The highest BCUT2D eigenvalue weighted by atomic mass is 16.3. The van der Waals surface area contributed by atoms with Crippen molar-refractivity contribution in [3.05, 3.63) is 89.7 Å². The van der Waals surface area contributed by atoms with E-state index in [9.17, 15) is 5.11 Å². The molecule has 1 aromatic carbocycles. The molecule has 0 amide bonds. The van der Waals surface area contributed by atoms with E-state index >= 15 is 0 Å². The van der Waals surface area contributed by atoms with E-state index in [1.807, 2.05) is 24.4 Å². The monoisotopic (exact) mass is 451 g/mol. The number of aromatic nitrogens is 3. The summed E-state index contributed by atoms with van der Waals surface area (Å²) in [5, 5.41) is 9.54. The molecule has 2 aromatic heterocycles. The van der Waals surface area contributed by atoms with Gasteiger partial charge in [-0.2, -0.15) is 0 Å². The summed E-state index contributed by atoms with van der Waals surface area (Å²) in [7, 11) is 0. The number of nitrogens with two attached hydrogens (primary N) is 1. The highest BCUT2D eigenvalue weighted by Gasteiger charge is 2.29. The number of nitrogen functional groups attached to an aromatic ring is 1. The zero-order valence-corrected chi connectivity index (χ0v) is 19.1. The van der Waals surface area contributed by atoms with Crippen LogP contribution in [0.5, 0.6) is 0 Å². The van der Waals surface area contributed by atoms with Crippen LogP contribution in [-0.2, 0) is 0 Å². The first-order valence-corrected chi connectivity index (χ1v) is 12.2. The predicted molar refractivity (Wildman–Crippen MR) is 136 cm³/mol. The van der Waals surface area contributed by atoms with Crippen molar-refractivity contribution in [2.75, 3.05) is 12.3 Å². The largest absolute Gasteiger partial charge is 0.396 e. The topological polar surface area (TPSA) is 88.8 Å². The van der Waals surface area contributed by atoms with E-state index in [-0.39, 0.29) is 12.6 Å². The molecule has 3 aromatic rings. The van der Waals surface area contributed by atoms with E-state index in [1.165, 1.54) is 5.57 Å². The number of nitrogens with zero attached hydrogens (tertiary/aromatic N) is 4. The molecule has 1 saturated carbocycles. The van der Waals surface area contributed by atoms with Crippen LogP contribution in [0.2, 0.25) is 0 Å². The highest BCUT2D eigenvalue weighted by molar-refractivity contribution is 6.10. The maximum absolute atomic E-state index is 9.54. The number of hydrogen-bond acceptors (Lipinski definition) is 5. The Morgan fingerprint density at radius 1 is 1.03 bits per heavy atom. The average molecular weight is 452 g/mol. The average Bonchev–Trinajstić information content (AvgIpc) is 3.30. The minimum Gasteiger partial charge on any atom is -0.396 e. The molecule has 1 unspecified atom stereocenters.